The first-order valence-corrected chi connectivity index (χ1v) is 8.04. The van der Waals surface area contributed by atoms with Crippen molar-refractivity contribution >= 4 is 23.2 Å². The van der Waals surface area contributed by atoms with E-state index in [2.05, 4.69) is 10.1 Å². The molecule has 1 aromatic heterocycles. The molecule has 0 N–H and O–H groups in total. The zero-order valence-corrected chi connectivity index (χ0v) is 13.5. The molecule has 24 heavy (non-hydrogen) atoms. The predicted molar refractivity (Wildman–Crippen MR) is 90.9 cm³/mol. The Labute approximate surface area is 143 Å². The van der Waals surface area contributed by atoms with Crippen molar-refractivity contribution in [1.82, 2.24) is 10.1 Å². The van der Waals surface area contributed by atoms with Crippen molar-refractivity contribution in [2.75, 3.05) is 11.4 Å². The number of anilines is 1. The highest BCUT2D eigenvalue weighted by Gasteiger charge is 2.35. The summed E-state index contributed by atoms with van der Waals surface area (Å²) in [6, 6.07) is 16.9. The Kier molecular flexibility index (Phi) is 3.78. The monoisotopic (exact) mass is 339 g/mol. The number of para-hydroxylation sites is 1. The van der Waals surface area contributed by atoms with E-state index in [-0.39, 0.29) is 11.8 Å². The second-order valence-corrected chi connectivity index (χ2v) is 6.08. The van der Waals surface area contributed by atoms with E-state index in [4.69, 9.17) is 16.1 Å². The first-order chi connectivity index (χ1) is 11.7. The maximum Gasteiger partial charge on any atom is 0.232 e. The molecule has 4 rings (SSSR count). The Balaban J connectivity index is 1.58. The molecule has 1 aliphatic heterocycles. The molecule has 0 radical (unpaired) electrons. The predicted octanol–water partition coefficient (Wildman–Crippen LogP) is 3.91. The van der Waals surface area contributed by atoms with E-state index < -0.39 is 0 Å². The summed E-state index contributed by atoms with van der Waals surface area (Å²) in [6.45, 7) is 0.535. The minimum absolute atomic E-state index is 0.0590. The fourth-order valence-corrected chi connectivity index (χ4v) is 3.10. The number of amides is 1. The van der Waals surface area contributed by atoms with Gasteiger partial charge in [-0.05, 0) is 24.3 Å². The zero-order valence-electron chi connectivity index (χ0n) is 12.7. The zero-order chi connectivity index (χ0) is 16.5. The van der Waals surface area contributed by atoms with E-state index in [9.17, 15) is 4.79 Å². The van der Waals surface area contributed by atoms with Crippen LogP contribution in [0.3, 0.4) is 0 Å². The summed E-state index contributed by atoms with van der Waals surface area (Å²) in [5.74, 6) is 0.864. The molecule has 0 unspecified atom stereocenters. The first kappa shape index (κ1) is 14.9. The average Bonchev–Trinajstić information content (AvgIpc) is 3.23. The Morgan fingerprint density at radius 3 is 2.62 bits per heavy atom. The third kappa shape index (κ3) is 2.67. The summed E-state index contributed by atoms with van der Waals surface area (Å²) in [5, 5.41) is 4.58. The van der Waals surface area contributed by atoms with Gasteiger partial charge in [0.15, 0.2) is 0 Å². The van der Waals surface area contributed by atoms with Crippen LogP contribution in [-0.4, -0.2) is 22.6 Å². The highest BCUT2D eigenvalue weighted by Crippen LogP contribution is 2.32. The lowest BCUT2D eigenvalue weighted by Gasteiger charge is -2.15. The lowest BCUT2D eigenvalue weighted by Crippen LogP contribution is -2.24. The Morgan fingerprint density at radius 1 is 1.08 bits per heavy atom. The standard InChI is InChI=1S/C18H14ClN3O2/c19-15-9-5-4-8-14(15)17-20-18(24-21-17)12-10-16(23)22(11-12)13-6-2-1-3-7-13/h1-9,12H,10-11H2/t12-/m1/s1. The van der Waals surface area contributed by atoms with E-state index in [0.717, 1.165) is 11.3 Å². The molecule has 3 aromatic rings. The number of hydrogen-bond donors (Lipinski definition) is 0. The summed E-state index contributed by atoms with van der Waals surface area (Å²) in [7, 11) is 0. The Hall–Kier alpha value is -2.66. The van der Waals surface area contributed by atoms with E-state index >= 15 is 0 Å². The molecule has 1 saturated heterocycles. The Morgan fingerprint density at radius 2 is 1.83 bits per heavy atom. The molecular formula is C18H14ClN3O2. The fourth-order valence-electron chi connectivity index (χ4n) is 2.88. The van der Waals surface area contributed by atoms with Crippen LogP contribution in [0, 0.1) is 0 Å². The average molecular weight is 340 g/mol. The quantitative estimate of drug-likeness (QED) is 0.726. The smallest absolute Gasteiger partial charge is 0.232 e. The van der Waals surface area contributed by atoms with E-state index in [1.165, 1.54) is 0 Å². The van der Waals surface area contributed by atoms with Crippen LogP contribution in [-0.2, 0) is 4.79 Å². The third-order valence-corrected chi connectivity index (χ3v) is 4.43. The molecule has 0 spiro atoms. The number of benzene rings is 2. The molecule has 0 bridgehead atoms. The molecule has 1 aliphatic rings. The van der Waals surface area contributed by atoms with Crippen LogP contribution in [0.4, 0.5) is 5.69 Å². The normalized spacial score (nSPS) is 17.5. The molecule has 120 valence electrons. The van der Waals surface area contributed by atoms with Gasteiger partial charge in [0.05, 0.1) is 10.9 Å². The molecule has 1 atom stereocenters. The maximum atomic E-state index is 12.3. The molecule has 0 saturated carbocycles. The summed E-state index contributed by atoms with van der Waals surface area (Å²) < 4.78 is 5.39. The number of nitrogens with zero attached hydrogens (tertiary/aromatic N) is 3. The van der Waals surface area contributed by atoms with Crippen LogP contribution in [0.5, 0.6) is 0 Å². The molecule has 1 amide bonds. The van der Waals surface area contributed by atoms with Crippen molar-refractivity contribution in [3.05, 3.63) is 65.5 Å². The second kappa shape index (κ2) is 6.09. The van der Waals surface area contributed by atoms with E-state index in [1.807, 2.05) is 48.5 Å². The minimum atomic E-state index is -0.110. The van der Waals surface area contributed by atoms with Gasteiger partial charge in [-0.3, -0.25) is 4.79 Å². The van der Waals surface area contributed by atoms with Crippen LogP contribution >= 0.6 is 11.6 Å². The number of rotatable bonds is 3. The van der Waals surface area contributed by atoms with Crippen LogP contribution in [0.15, 0.2) is 59.1 Å². The van der Waals surface area contributed by atoms with Crippen molar-refractivity contribution in [1.29, 1.82) is 0 Å². The van der Waals surface area contributed by atoms with Gasteiger partial charge in [0.25, 0.3) is 0 Å². The lowest BCUT2D eigenvalue weighted by atomic mass is 10.1. The Bertz CT molecular complexity index is 879. The first-order valence-electron chi connectivity index (χ1n) is 7.66. The molecule has 5 nitrogen and oxygen atoms in total. The van der Waals surface area contributed by atoms with Gasteiger partial charge < -0.3 is 9.42 Å². The van der Waals surface area contributed by atoms with Gasteiger partial charge in [-0.15, -0.1) is 0 Å². The summed E-state index contributed by atoms with van der Waals surface area (Å²) in [6.07, 6.45) is 0.360. The summed E-state index contributed by atoms with van der Waals surface area (Å²) in [4.78, 5) is 18.5. The van der Waals surface area contributed by atoms with Crippen LogP contribution < -0.4 is 4.90 Å². The second-order valence-electron chi connectivity index (χ2n) is 5.68. The van der Waals surface area contributed by atoms with Crippen molar-refractivity contribution in [2.45, 2.75) is 12.3 Å². The largest absolute Gasteiger partial charge is 0.339 e. The fraction of sp³-hybridized carbons (Fsp3) is 0.167. The minimum Gasteiger partial charge on any atom is -0.339 e. The van der Waals surface area contributed by atoms with Gasteiger partial charge in [-0.2, -0.15) is 4.98 Å². The summed E-state index contributed by atoms with van der Waals surface area (Å²) >= 11 is 6.17. The van der Waals surface area contributed by atoms with Crippen molar-refractivity contribution in [2.24, 2.45) is 0 Å². The number of carbonyl (C=O) groups is 1. The van der Waals surface area contributed by atoms with Crippen LogP contribution in [0.25, 0.3) is 11.4 Å². The van der Waals surface area contributed by atoms with Crippen LogP contribution in [0.1, 0.15) is 18.2 Å². The number of carbonyl (C=O) groups excluding carboxylic acids is 1. The molecule has 6 heteroatoms. The maximum absolute atomic E-state index is 12.3. The van der Waals surface area contributed by atoms with E-state index in [0.29, 0.717) is 29.7 Å². The molecule has 2 aromatic carbocycles. The lowest BCUT2D eigenvalue weighted by molar-refractivity contribution is -0.117. The van der Waals surface area contributed by atoms with Crippen molar-refractivity contribution in [3.8, 4) is 11.4 Å². The van der Waals surface area contributed by atoms with E-state index in [1.54, 1.807) is 11.0 Å². The summed E-state index contributed by atoms with van der Waals surface area (Å²) in [5.41, 5.74) is 1.61. The van der Waals surface area contributed by atoms with Crippen molar-refractivity contribution < 1.29 is 9.32 Å². The topological polar surface area (TPSA) is 59.2 Å². The highest BCUT2D eigenvalue weighted by atomic mass is 35.5. The van der Waals surface area contributed by atoms with Gasteiger partial charge in [-0.25, -0.2) is 0 Å². The van der Waals surface area contributed by atoms with Gasteiger partial charge in [0, 0.05) is 24.2 Å². The number of hydrogen-bond acceptors (Lipinski definition) is 4. The van der Waals surface area contributed by atoms with Gasteiger partial charge in [0.2, 0.25) is 17.6 Å². The van der Waals surface area contributed by atoms with Gasteiger partial charge in [0.1, 0.15) is 0 Å². The SMILES string of the molecule is O=C1C[C@@H](c2nc(-c3ccccc3Cl)no2)CN1c1ccccc1. The van der Waals surface area contributed by atoms with Gasteiger partial charge in [-0.1, -0.05) is 47.1 Å². The molecular weight excluding hydrogens is 326 g/mol. The van der Waals surface area contributed by atoms with Crippen LogP contribution in [0.2, 0.25) is 5.02 Å². The van der Waals surface area contributed by atoms with Gasteiger partial charge >= 0.3 is 0 Å². The highest BCUT2D eigenvalue weighted by molar-refractivity contribution is 6.33. The molecule has 2 heterocycles. The number of halogens is 1. The van der Waals surface area contributed by atoms with Crippen molar-refractivity contribution in [3.63, 3.8) is 0 Å². The molecule has 0 aliphatic carbocycles. The molecule has 1 fully saturated rings. The number of aromatic nitrogens is 2. The third-order valence-electron chi connectivity index (χ3n) is 4.10.